The Labute approximate surface area is 131 Å². The number of rotatable bonds is 4. The van der Waals surface area contributed by atoms with Crippen LogP contribution in [0.25, 0.3) is 32.3 Å². The minimum absolute atomic E-state index is 0.129. The zero-order valence-corrected chi connectivity index (χ0v) is 13.0. The molecule has 0 saturated carbocycles. The van der Waals surface area contributed by atoms with Gasteiger partial charge in [0.2, 0.25) is 0 Å². The van der Waals surface area contributed by atoms with Gasteiger partial charge in [-0.25, -0.2) is 0 Å². The Bertz CT molecular complexity index is 923. The van der Waals surface area contributed by atoms with Crippen molar-refractivity contribution in [1.82, 2.24) is 0 Å². The molecule has 1 heteroatoms. The molecule has 0 heterocycles. The minimum atomic E-state index is 0.129. The third-order valence-electron chi connectivity index (χ3n) is 4.83. The van der Waals surface area contributed by atoms with Gasteiger partial charge in [0.1, 0.15) is 0 Å². The summed E-state index contributed by atoms with van der Waals surface area (Å²) in [7, 11) is 0. The standard InChI is InChI=1S/C21H21N/c1-2-3-7-19(22)17-12-10-16-9-8-14-5-4-6-15-11-13-18(17)21(16)20(14)15/h4-6,8-13,19H,2-3,7,22H2,1H3/t19-/m0/s1. The molecule has 0 radical (unpaired) electrons. The summed E-state index contributed by atoms with van der Waals surface area (Å²) in [5.41, 5.74) is 7.77. The van der Waals surface area contributed by atoms with Crippen molar-refractivity contribution in [2.45, 2.75) is 32.2 Å². The summed E-state index contributed by atoms with van der Waals surface area (Å²) >= 11 is 0. The zero-order chi connectivity index (χ0) is 15.1. The lowest BCUT2D eigenvalue weighted by Gasteiger charge is -2.18. The molecule has 110 valence electrons. The van der Waals surface area contributed by atoms with Crippen LogP contribution in [0.15, 0.2) is 54.6 Å². The van der Waals surface area contributed by atoms with Gasteiger partial charge in [-0.15, -0.1) is 0 Å². The van der Waals surface area contributed by atoms with E-state index in [1.54, 1.807) is 0 Å². The molecule has 0 aliphatic rings. The van der Waals surface area contributed by atoms with E-state index in [2.05, 4.69) is 61.5 Å². The highest BCUT2D eigenvalue weighted by molar-refractivity contribution is 6.23. The lowest BCUT2D eigenvalue weighted by atomic mass is 9.89. The minimum Gasteiger partial charge on any atom is -0.324 e. The molecule has 0 spiro atoms. The van der Waals surface area contributed by atoms with E-state index in [4.69, 9.17) is 5.73 Å². The Kier molecular flexibility index (Phi) is 3.24. The van der Waals surface area contributed by atoms with E-state index >= 15 is 0 Å². The van der Waals surface area contributed by atoms with Crippen LogP contribution in [0.4, 0.5) is 0 Å². The summed E-state index contributed by atoms with van der Waals surface area (Å²) in [6.07, 6.45) is 3.43. The molecule has 0 amide bonds. The fourth-order valence-corrected chi connectivity index (χ4v) is 3.66. The van der Waals surface area contributed by atoms with Crippen LogP contribution in [0.2, 0.25) is 0 Å². The van der Waals surface area contributed by atoms with Gasteiger partial charge >= 0.3 is 0 Å². The molecule has 0 aliphatic carbocycles. The van der Waals surface area contributed by atoms with Crippen molar-refractivity contribution in [3.05, 3.63) is 60.2 Å². The molecule has 4 aromatic rings. The first-order chi connectivity index (χ1) is 10.8. The van der Waals surface area contributed by atoms with Gasteiger partial charge in [0.15, 0.2) is 0 Å². The van der Waals surface area contributed by atoms with Crippen molar-refractivity contribution in [3.63, 3.8) is 0 Å². The molecule has 0 fully saturated rings. The first-order valence-electron chi connectivity index (χ1n) is 8.21. The number of hydrogen-bond donors (Lipinski definition) is 1. The molecule has 1 nitrogen and oxygen atoms in total. The number of nitrogens with two attached hydrogens (primary N) is 1. The second-order valence-electron chi connectivity index (χ2n) is 6.26. The SMILES string of the molecule is CCCC[C@H](N)c1ccc2ccc3cccc4ccc1c2c34. The van der Waals surface area contributed by atoms with Crippen LogP contribution in [0.1, 0.15) is 37.8 Å². The molecule has 0 aromatic heterocycles. The van der Waals surface area contributed by atoms with Crippen molar-refractivity contribution in [2.24, 2.45) is 5.73 Å². The summed E-state index contributed by atoms with van der Waals surface area (Å²) in [5, 5.41) is 8.02. The second kappa shape index (κ2) is 5.26. The Balaban J connectivity index is 2.04. The van der Waals surface area contributed by atoms with Gasteiger partial charge < -0.3 is 5.73 Å². The molecule has 0 aliphatic heterocycles. The van der Waals surface area contributed by atoms with Crippen LogP contribution < -0.4 is 5.73 Å². The number of benzene rings is 4. The highest BCUT2D eigenvalue weighted by atomic mass is 14.6. The van der Waals surface area contributed by atoms with E-state index < -0.39 is 0 Å². The fourth-order valence-electron chi connectivity index (χ4n) is 3.66. The van der Waals surface area contributed by atoms with Gasteiger partial charge in [-0.2, -0.15) is 0 Å². The Morgan fingerprint density at radius 1 is 0.818 bits per heavy atom. The zero-order valence-electron chi connectivity index (χ0n) is 13.0. The Morgan fingerprint density at radius 2 is 1.45 bits per heavy atom. The number of unbranched alkanes of at least 4 members (excludes halogenated alkanes) is 1. The summed E-state index contributed by atoms with van der Waals surface area (Å²) in [6.45, 7) is 2.22. The molecule has 2 N–H and O–H groups in total. The predicted molar refractivity (Wildman–Crippen MR) is 96.6 cm³/mol. The third-order valence-corrected chi connectivity index (χ3v) is 4.83. The molecule has 0 saturated heterocycles. The maximum absolute atomic E-state index is 6.48. The summed E-state index contributed by atoms with van der Waals surface area (Å²) < 4.78 is 0. The lowest BCUT2D eigenvalue weighted by molar-refractivity contribution is 0.607. The predicted octanol–water partition coefficient (Wildman–Crippen LogP) is 5.77. The topological polar surface area (TPSA) is 26.0 Å². The van der Waals surface area contributed by atoms with Crippen LogP contribution in [0.5, 0.6) is 0 Å². The lowest BCUT2D eigenvalue weighted by Crippen LogP contribution is -2.10. The largest absolute Gasteiger partial charge is 0.324 e. The van der Waals surface area contributed by atoms with Gasteiger partial charge in [0.05, 0.1) is 0 Å². The van der Waals surface area contributed by atoms with Crippen molar-refractivity contribution >= 4 is 32.3 Å². The van der Waals surface area contributed by atoms with E-state index in [0.29, 0.717) is 0 Å². The summed E-state index contributed by atoms with van der Waals surface area (Å²) in [4.78, 5) is 0. The van der Waals surface area contributed by atoms with E-state index in [-0.39, 0.29) is 6.04 Å². The van der Waals surface area contributed by atoms with Gasteiger partial charge in [-0.3, -0.25) is 0 Å². The summed E-state index contributed by atoms with van der Waals surface area (Å²) in [6, 6.07) is 20.1. The van der Waals surface area contributed by atoms with Crippen molar-refractivity contribution < 1.29 is 0 Å². The van der Waals surface area contributed by atoms with E-state index in [0.717, 1.165) is 6.42 Å². The van der Waals surface area contributed by atoms with E-state index in [9.17, 15) is 0 Å². The van der Waals surface area contributed by atoms with Crippen LogP contribution in [-0.2, 0) is 0 Å². The average Bonchev–Trinajstić information content (AvgIpc) is 2.57. The highest BCUT2D eigenvalue weighted by Crippen LogP contribution is 2.37. The Morgan fingerprint density at radius 3 is 2.18 bits per heavy atom. The molecule has 22 heavy (non-hydrogen) atoms. The van der Waals surface area contributed by atoms with E-state index in [1.807, 2.05) is 0 Å². The van der Waals surface area contributed by atoms with Crippen LogP contribution in [0, 0.1) is 0 Å². The van der Waals surface area contributed by atoms with Crippen molar-refractivity contribution in [1.29, 1.82) is 0 Å². The van der Waals surface area contributed by atoms with Gasteiger partial charge in [0, 0.05) is 6.04 Å². The highest BCUT2D eigenvalue weighted by Gasteiger charge is 2.14. The second-order valence-corrected chi connectivity index (χ2v) is 6.26. The van der Waals surface area contributed by atoms with Crippen LogP contribution >= 0.6 is 0 Å². The third kappa shape index (κ3) is 1.97. The molecule has 0 bridgehead atoms. The smallest absolute Gasteiger partial charge is 0.0301 e. The fraction of sp³-hybridized carbons (Fsp3) is 0.238. The van der Waals surface area contributed by atoms with E-state index in [1.165, 1.54) is 50.7 Å². The average molecular weight is 287 g/mol. The van der Waals surface area contributed by atoms with Gasteiger partial charge in [0.25, 0.3) is 0 Å². The maximum atomic E-state index is 6.48. The van der Waals surface area contributed by atoms with Gasteiger partial charge in [-0.05, 0) is 44.3 Å². The first-order valence-corrected chi connectivity index (χ1v) is 8.21. The first kappa shape index (κ1) is 13.5. The number of hydrogen-bond acceptors (Lipinski definition) is 1. The van der Waals surface area contributed by atoms with Crippen LogP contribution in [0.3, 0.4) is 0 Å². The quantitative estimate of drug-likeness (QED) is 0.473. The summed E-state index contributed by atoms with van der Waals surface area (Å²) in [5.74, 6) is 0. The monoisotopic (exact) mass is 287 g/mol. The van der Waals surface area contributed by atoms with Crippen LogP contribution in [-0.4, -0.2) is 0 Å². The normalized spacial score (nSPS) is 13.4. The van der Waals surface area contributed by atoms with Crippen molar-refractivity contribution in [2.75, 3.05) is 0 Å². The molecular formula is C21H21N. The molecule has 1 atom stereocenters. The molecule has 4 rings (SSSR count). The van der Waals surface area contributed by atoms with Crippen molar-refractivity contribution in [3.8, 4) is 0 Å². The molecule has 0 unspecified atom stereocenters. The molecular weight excluding hydrogens is 266 g/mol. The van der Waals surface area contributed by atoms with Gasteiger partial charge in [-0.1, -0.05) is 74.4 Å². The Hall–Kier alpha value is -2.12. The maximum Gasteiger partial charge on any atom is 0.0301 e. The molecule has 4 aromatic carbocycles.